The van der Waals surface area contributed by atoms with Crippen molar-refractivity contribution in [3.05, 3.63) is 87.9 Å². The normalized spacial score (nSPS) is 11.1. The number of nitrogens with one attached hydrogen (secondary N) is 2. The zero-order valence-corrected chi connectivity index (χ0v) is 20.2. The summed E-state index contributed by atoms with van der Waals surface area (Å²) in [4.78, 5) is 12.3. The summed E-state index contributed by atoms with van der Waals surface area (Å²) >= 11 is 10.7. The van der Waals surface area contributed by atoms with Crippen LogP contribution in [-0.4, -0.2) is 33.2 Å². The van der Waals surface area contributed by atoms with Crippen LogP contribution >= 0.6 is 39.3 Å². The van der Waals surface area contributed by atoms with Crippen LogP contribution in [0.3, 0.4) is 0 Å². The molecule has 0 aliphatic rings. The molecule has 4 aromatic rings. The van der Waals surface area contributed by atoms with Crippen LogP contribution in [0.2, 0.25) is 5.02 Å². The van der Waals surface area contributed by atoms with Crippen LogP contribution in [0.15, 0.2) is 87.5 Å². The van der Waals surface area contributed by atoms with E-state index >= 15 is 0 Å². The Kier molecular flexibility index (Phi) is 7.43. The predicted octanol–water partition coefficient (Wildman–Crippen LogP) is 4.72. The Balaban J connectivity index is 1.50. The molecule has 166 valence electrons. The second-order valence-corrected chi connectivity index (χ2v) is 9.11. The van der Waals surface area contributed by atoms with Gasteiger partial charge in [0.05, 0.1) is 22.6 Å². The summed E-state index contributed by atoms with van der Waals surface area (Å²) < 4.78 is 2.73. The summed E-state index contributed by atoms with van der Waals surface area (Å²) in [6.45, 7) is 0. The Hall–Kier alpha value is -3.14. The van der Waals surface area contributed by atoms with Crippen LogP contribution in [0.1, 0.15) is 5.56 Å². The van der Waals surface area contributed by atoms with Gasteiger partial charge in [-0.1, -0.05) is 45.7 Å². The fraction of sp³-hybridized carbons (Fsp3) is 0.0435. The van der Waals surface area contributed by atoms with E-state index in [1.54, 1.807) is 30.3 Å². The lowest BCUT2D eigenvalue weighted by molar-refractivity contribution is -0.625. The number of H-pyrrole nitrogens is 1. The molecule has 0 aliphatic carbocycles. The van der Waals surface area contributed by atoms with Crippen molar-refractivity contribution in [1.29, 1.82) is 0 Å². The van der Waals surface area contributed by atoms with Gasteiger partial charge in [-0.3, -0.25) is 4.79 Å². The van der Waals surface area contributed by atoms with E-state index in [0.29, 0.717) is 15.7 Å². The number of carbonyl (C=O) groups excluding carboxylic acids is 1. The molecule has 7 nitrogen and oxygen atoms in total. The SMILES string of the molecule is O=C(CSc1n[nH]c(-c2ccccc2)[n+]1-c1ccc(Cl)cc1)N/N=C/c1cc(Br)ccc1O. The molecule has 1 aromatic heterocycles. The molecule has 0 radical (unpaired) electrons. The van der Waals surface area contributed by atoms with Crippen molar-refractivity contribution in [2.75, 3.05) is 5.75 Å². The number of aromatic hydroxyl groups is 1. The topological polar surface area (TPSA) is 94.3 Å². The monoisotopic (exact) mass is 542 g/mol. The second kappa shape index (κ2) is 10.7. The van der Waals surface area contributed by atoms with Gasteiger partial charge in [-0.15, -0.1) is 5.10 Å². The Morgan fingerprint density at radius 3 is 2.70 bits per heavy atom. The third kappa shape index (κ3) is 5.81. The first-order valence-electron chi connectivity index (χ1n) is 9.76. The van der Waals surface area contributed by atoms with Crippen molar-refractivity contribution in [2.45, 2.75) is 5.16 Å². The highest BCUT2D eigenvalue weighted by molar-refractivity contribution is 9.10. The van der Waals surface area contributed by atoms with E-state index in [9.17, 15) is 9.90 Å². The number of carbonyl (C=O) groups is 1. The number of benzene rings is 3. The van der Waals surface area contributed by atoms with Gasteiger partial charge in [0.2, 0.25) is 0 Å². The van der Waals surface area contributed by atoms with Crippen molar-refractivity contribution in [3.63, 3.8) is 0 Å². The van der Waals surface area contributed by atoms with Crippen molar-refractivity contribution in [3.8, 4) is 22.8 Å². The maximum Gasteiger partial charge on any atom is 0.342 e. The van der Waals surface area contributed by atoms with Gasteiger partial charge in [-0.05, 0) is 66.4 Å². The van der Waals surface area contributed by atoms with Crippen molar-refractivity contribution in [2.24, 2.45) is 5.10 Å². The Morgan fingerprint density at radius 2 is 1.94 bits per heavy atom. The number of amides is 1. The highest BCUT2D eigenvalue weighted by atomic mass is 79.9. The molecule has 0 saturated heterocycles. The van der Waals surface area contributed by atoms with Gasteiger partial charge in [0.1, 0.15) is 11.4 Å². The molecule has 3 N–H and O–H groups in total. The summed E-state index contributed by atoms with van der Waals surface area (Å²) in [5, 5.41) is 22.5. The number of hydrogen-bond acceptors (Lipinski definition) is 5. The molecular formula is C23H18BrClN5O2S+. The quantitative estimate of drug-likeness (QED) is 0.136. The van der Waals surface area contributed by atoms with Crippen molar-refractivity contribution in [1.82, 2.24) is 15.6 Å². The zero-order chi connectivity index (χ0) is 23.2. The highest BCUT2D eigenvalue weighted by Crippen LogP contribution is 2.22. The molecule has 0 saturated carbocycles. The number of nitrogens with zero attached hydrogens (tertiary/aromatic N) is 3. The average Bonchev–Trinajstić information content (AvgIpc) is 3.25. The summed E-state index contributed by atoms with van der Waals surface area (Å²) in [5.41, 5.74) is 4.77. The molecule has 1 amide bonds. The number of phenolic OH excluding ortho intramolecular Hbond substituents is 1. The van der Waals surface area contributed by atoms with E-state index < -0.39 is 0 Å². The molecule has 4 rings (SSSR count). The largest absolute Gasteiger partial charge is 0.507 e. The van der Waals surface area contributed by atoms with Crippen molar-refractivity contribution >= 4 is 51.4 Å². The first kappa shape index (κ1) is 23.0. The average molecular weight is 544 g/mol. The van der Waals surface area contributed by atoms with E-state index in [1.807, 2.05) is 47.0 Å². The van der Waals surface area contributed by atoms with E-state index in [2.05, 4.69) is 36.7 Å². The predicted molar refractivity (Wildman–Crippen MR) is 133 cm³/mol. The Bertz CT molecular complexity index is 1300. The molecule has 0 fully saturated rings. The third-order valence-corrected chi connectivity index (χ3v) is 6.20. The van der Waals surface area contributed by atoms with E-state index in [4.69, 9.17) is 11.6 Å². The van der Waals surface area contributed by atoms with Crippen LogP contribution in [0.5, 0.6) is 5.75 Å². The number of phenols is 1. The fourth-order valence-electron chi connectivity index (χ4n) is 2.98. The number of hydrogen-bond donors (Lipinski definition) is 3. The summed E-state index contributed by atoms with van der Waals surface area (Å²) in [7, 11) is 0. The molecule has 0 atom stereocenters. The first-order chi connectivity index (χ1) is 16.0. The number of aromatic amines is 1. The molecular weight excluding hydrogens is 526 g/mol. The standard InChI is InChI=1S/C23H17BrClN5O2S/c24-17-6-11-20(31)16(12-17)13-26-27-21(32)14-33-23-29-28-22(15-4-2-1-3-5-15)30(23)19-9-7-18(25)8-10-19/h1-13H,14H2,(H2,26,27,31,32)/p+1. The molecule has 33 heavy (non-hydrogen) atoms. The van der Waals surface area contributed by atoms with Crippen LogP contribution in [0, 0.1) is 0 Å². The number of rotatable bonds is 7. The van der Waals surface area contributed by atoms with Crippen LogP contribution < -0.4 is 9.99 Å². The van der Waals surface area contributed by atoms with Crippen LogP contribution in [0.4, 0.5) is 0 Å². The first-order valence-corrected chi connectivity index (χ1v) is 11.9. The molecule has 0 spiro atoms. The minimum absolute atomic E-state index is 0.0690. The smallest absolute Gasteiger partial charge is 0.342 e. The van der Waals surface area contributed by atoms with Gasteiger partial charge in [0, 0.05) is 15.1 Å². The fourth-order valence-corrected chi connectivity index (χ4v) is 4.24. The van der Waals surface area contributed by atoms with Crippen LogP contribution in [0.25, 0.3) is 17.1 Å². The number of aromatic nitrogens is 3. The van der Waals surface area contributed by atoms with Crippen molar-refractivity contribution < 1.29 is 14.5 Å². The summed E-state index contributed by atoms with van der Waals surface area (Å²) in [6.07, 6.45) is 1.39. The lowest BCUT2D eigenvalue weighted by Crippen LogP contribution is -2.34. The highest BCUT2D eigenvalue weighted by Gasteiger charge is 2.24. The molecule has 0 bridgehead atoms. The molecule has 3 aromatic carbocycles. The van der Waals surface area contributed by atoms with Gasteiger partial charge in [-0.25, -0.2) is 5.43 Å². The van der Waals surface area contributed by atoms with Gasteiger partial charge in [0.25, 0.3) is 11.7 Å². The summed E-state index contributed by atoms with van der Waals surface area (Å²) in [6, 6.07) is 22.1. The third-order valence-electron chi connectivity index (χ3n) is 4.52. The van der Waals surface area contributed by atoms with Gasteiger partial charge >= 0.3 is 5.16 Å². The lowest BCUT2D eigenvalue weighted by Gasteiger charge is -2.04. The molecule has 1 heterocycles. The lowest BCUT2D eigenvalue weighted by atomic mass is 10.2. The van der Waals surface area contributed by atoms with Gasteiger partial charge in [0.15, 0.2) is 0 Å². The Morgan fingerprint density at radius 1 is 1.18 bits per heavy atom. The van der Waals surface area contributed by atoms with Crippen LogP contribution in [-0.2, 0) is 4.79 Å². The Labute approximate surface area is 207 Å². The number of thioether (sulfide) groups is 1. The minimum Gasteiger partial charge on any atom is -0.507 e. The number of hydrazone groups is 1. The second-order valence-electron chi connectivity index (χ2n) is 6.82. The van der Waals surface area contributed by atoms with E-state index in [0.717, 1.165) is 21.5 Å². The maximum absolute atomic E-state index is 12.3. The minimum atomic E-state index is -0.308. The molecule has 0 aliphatic heterocycles. The van der Waals surface area contributed by atoms with E-state index in [1.165, 1.54) is 18.0 Å². The molecule has 0 unspecified atom stereocenters. The summed E-state index contributed by atoms with van der Waals surface area (Å²) in [5.74, 6) is 0.635. The number of halogens is 2. The van der Waals surface area contributed by atoms with Gasteiger partial charge < -0.3 is 5.11 Å². The zero-order valence-electron chi connectivity index (χ0n) is 17.1. The molecule has 10 heteroatoms. The van der Waals surface area contributed by atoms with E-state index in [-0.39, 0.29) is 17.4 Å². The maximum atomic E-state index is 12.3. The van der Waals surface area contributed by atoms with Gasteiger partial charge in [-0.2, -0.15) is 9.67 Å².